The quantitative estimate of drug-likeness (QED) is 0.435. The van der Waals surface area contributed by atoms with Gasteiger partial charge in [-0.05, 0) is 6.07 Å². The van der Waals surface area contributed by atoms with Gasteiger partial charge in [0, 0.05) is 17.7 Å². The van der Waals surface area contributed by atoms with Crippen LogP contribution >= 0.6 is 11.6 Å². The molecule has 0 amide bonds. The Morgan fingerprint density at radius 2 is 2.29 bits per heavy atom. The third-order valence-electron chi connectivity index (χ3n) is 1.49. The molecule has 0 saturated carbocycles. The lowest BCUT2D eigenvalue weighted by atomic mass is 10.2. The number of nitrogens with zero attached hydrogens (tertiary/aromatic N) is 1. The van der Waals surface area contributed by atoms with Crippen molar-refractivity contribution in [3.05, 3.63) is 38.9 Å². The summed E-state index contributed by atoms with van der Waals surface area (Å²) in [5.41, 5.74) is 5.68. The average molecular weight is 211 g/mol. The highest BCUT2D eigenvalue weighted by Gasteiger charge is 2.07. The van der Waals surface area contributed by atoms with Crippen molar-refractivity contribution in [2.75, 3.05) is 6.54 Å². The SMILES string of the molecule is NCC#Cc1ccc([N+](=O)[O-])cc1Cl. The van der Waals surface area contributed by atoms with Crippen LogP contribution in [0.1, 0.15) is 5.56 Å². The van der Waals surface area contributed by atoms with Crippen molar-refractivity contribution in [1.29, 1.82) is 0 Å². The molecule has 72 valence electrons. The highest BCUT2D eigenvalue weighted by Crippen LogP contribution is 2.21. The second kappa shape index (κ2) is 4.61. The molecule has 5 heteroatoms. The molecule has 4 nitrogen and oxygen atoms in total. The molecule has 14 heavy (non-hydrogen) atoms. The zero-order valence-electron chi connectivity index (χ0n) is 7.16. The minimum absolute atomic E-state index is 0.0479. The molecular formula is C9H7ClN2O2. The van der Waals surface area contributed by atoms with Crippen LogP contribution in [0.2, 0.25) is 5.02 Å². The minimum Gasteiger partial charge on any atom is -0.320 e. The fourth-order valence-corrected chi connectivity index (χ4v) is 1.09. The van der Waals surface area contributed by atoms with Crippen LogP contribution in [0.4, 0.5) is 5.69 Å². The predicted octanol–water partition coefficient (Wildman–Crippen LogP) is 1.56. The summed E-state index contributed by atoms with van der Waals surface area (Å²) in [6.07, 6.45) is 0. The van der Waals surface area contributed by atoms with E-state index in [1.165, 1.54) is 18.2 Å². The maximum Gasteiger partial charge on any atom is 0.271 e. The molecule has 1 aromatic rings. The van der Waals surface area contributed by atoms with Gasteiger partial charge >= 0.3 is 0 Å². The smallest absolute Gasteiger partial charge is 0.271 e. The molecule has 0 spiro atoms. The summed E-state index contributed by atoms with van der Waals surface area (Å²) in [6, 6.07) is 4.12. The summed E-state index contributed by atoms with van der Waals surface area (Å²) in [5, 5.41) is 10.6. The Morgan fingerprint density at radius 3 is 2.79 bits per heavy atom. The Bertz CT molecular complexity index is 421. The second-order valence-corrected chi connectivity index (χ2v) is 2.83. The average Bonchev–Trinajstić information content (AvgIpc) is 2.15. The number of nitro groups is 1. The zero-order valence-corrected chi connectivity index (χ0v) is 7.91. The summed E-state index contributed by atoms with van der Waals surface area (Å²) >= 11 is 5.76. The lowest BCUT2D eigenvalue weighted by Gasteiger charge is -1.95. The summed E-state index contributed by atoms with van der Waals surface area (Å²) in [4.78, 5) is 9.86. The first-order valence-electron chi connectivity index (χ1n) is 3.78. The van der Waals surface area contributed by atoms with E-state index in [9.17, 15) is 10.1 Å². The van der Waals surface area contributed by atoms with E-state index in [0.29, 0.717) is 5.56 Å². The summed E-state index contributed by atoms with van der Waals surface area (Å²) < 4.78 is 0. The normalized spacial score (nSPS) is 9.00. The molecule has 0 unspecified atom stereocenters. The van der Waals surface area contributed by atoms with Gasteiger partial charge in [0.1, 0.15) is 0 Å². The molecule has 1 rings (SSSR count). The topological polar surface area (TPSA) is 69.2 Å². The van der Waals surface area contributed by atoms with Crippen LogP contribution in [-0.2, 0) is 0 Å². The Morgan fingerprint density at radius 1 is 1.57 bits per heavy atom. The largest absolute Gasteiger partial charge is 0.320 e. The molecule has 0 aromatic heterocycles. The van der Waals surface area contributed by atoms with Gasteiger partial charge in [-0.15, -0.1) is 0 Å². The van der Waals surface area contributed by atoms with E-state index >= 15 is 0 Å². The van der Waals surface area contributed by atoms with Gasteiger partial charge in [-0.3, -0.25) is 10.1 Å². The van der Waals surface area contributed by atoms with Crippen molar-refractivity contribution >= 4 is 17.3 Å². The van der Waals surface area contributed by atoms with Crippen molar-refractivity contribution < 1.29 is 4.92 Å². The van der Waals surface area contributed by atoms with E-state index in [0.717, 1.165) is 0 Å². The van der Waals surface area contributed by atoms with E-state index < -0.39 is 4.92 Å². The van der Waals surface area contributed by atoms with Crippen molar-refractivity contribution in [3.63, 3.8) is 0 Å². The first kappa shape index (κ1) is 10.5. The maximum absolute atomic E-state index is 10.4. The summed E-state index contributed by atoms with van der Waals surface area (Å²) in [5.74, 6) is 5.33. The first-order chi connectivity index (χ1) is 6.65. The van der Waals surface area contributed by atoms with Crippen LogP contribution in [-0.4, -0.2) is 11.5 Å². The number of hydrogen-bond acceptors (Lipinski definition) is 3. The molecular weight excluding hydrogens is 204 g/mol. The Labute approximate surface area is 85.8 Å². The van der Waals surface area contributed by atoms with Crippen LogP contribution in [0.15, 0.2) is 18.2 Å². The van der Waals surface area contributed by atoms with Crippen LogP contribution in [0.3, 0.4) is 0 Å². The van der Waals surface area contributed by atoms with Gasteiger partial charge in [-0.2, -0.15) is 0 Å². The molecule has 0 saturated heterocycles. The standard InChI is InChI=1S/C9H7ClN2O2/c10-9-6-8(12(13)14)4-3-7(9)2-1-5-11/h3-4,6H,5,11H2. The molecule has 0 fully saturated rings. The van der Waals surface area contributed by atoms with E-state index in [-0.39, 0.29) is 17.3 Å². The molecule has 0 radical (unpaired) electrons. The van der Waals surface area contributed by atoms with Crippen molar-refractivity contribution in [2.24, 2.45) is 5.73 Å². The predicted molar refractivity (Wildman–Crippen MR) is 54.0 cm³/mol. The van der Waals surface area contributed by atoms with Gasteiger partial charge in [0.15, 0.2) is 0 Å². The number of rotatable bonds is 1. The Kier molecular flexibility index (Phi) is 3.46. The molecule has 0 aliphatic carbocycles. The molecule has 2 N–H and O–H groups in total. The van der Waals surface area contributed by atoms with E-state index in [2.05, 4.69) is 11.8 Å². The summed E-state index contributed by atoms with van der Waals surface area (Å²) in [6.45, 7) is 0.229. The molecule has 0 bridgehead atoms. The van der Waals surface area contributed by atoms with Crippen molar-refractivity contribution in [1.82, 2.24) is 0 Å². The first-order valence-corrected chi connectivity index (χ1v) is 4.16. The maximum atomic E-state index is 10.4. The number of nitro benzene ring substituents is 1. The number of hydrogen-bond donors (Lipinski definition) is 1. The number of non-ortho nitro benzene ring substituents is 1. The van der Waals surface area contributed by atoms with Gasteiger partial charge in [-0.1, -0.05) is 23.4 Å². The fourth-order valence-electron chi connectivity index (χ4n) is 0.865. The number of benzene rings is 1. The number of halogens is 1. The third-order valence-corrected chi connectivity index (χ3v) is 1.80. The Balaban J connectivity index is 3.07. The molecule has 0 aliphatic heterocycles. The number of nitrogens with two attached hydrogens (primary N) is 1. The van der Waals surface area contributed by atoms with Crippen molar-refractivity contribution in [3.8, 4) is 11.8 Å². The van der Waals surface area contributed by atoms with Crippen LogP contribution in [0.25, 0.3) is 0 Å². The van der Waals surface area contributed by atoms with Gasteiger partial charge in [-0.25, -0.2) is 0 Å². The molecule has 0 aliphatic rings. The molecule has 1 aromatic carbocycles. The highest BCUT2D eigenvalue weighted by atomic mass is 35.5. The van der Waals surface area contributed by atoms with E-state index in [1.54, 1.807) is 0 Å². The van der Waals surface area contributed by atoms with Gasteiger partial charge < -0.3 is 5.73 Å². The lowest BCUT2D eigenvalue weighted by molar-refractivity contribution is -0.384. The van der Waals surface area contributed by atoms with Crippen LogP contribution < -0.4 is 5.73 Å². The monoisotopic (exact) mass is 210 g/mol. The summed E-state index contributed by atoms with van der Waals surface area (Å²) in [7, 11) is 0. The highest BCUT2D eigenvalue weighted by molar-refractivity contribution is 6.32. The van der Waals surface area contributed by atoms with Gasteiger partial charge in [0.05, 0.1) is 16.5 Å². The van der Waals surface area contributed by atoms with Crippen LogP contribution in [0, 0.1) is 22.0 Å². The minimum atomic E-state index is -0.508. The van der Waals surface area contributed by atoms with Crippen LogP contribution in [0.5, 0.6) is 0 Å². The molecule has 0 heterocycles. The van der Waals surface area contributed by atoms with E-state index in [4.69, 9.17) is 17.3 Å². The fraction of sp³-hybridized carbons (Fsp3) is 0.111. The molecule has 0 atom stereocenters. The van der Waals surface area contributed by atoms with Gasteiger partial charge in [0.25, 0.3) is 5.69 Å². The van der Waals surface area contributed by atoms with Gasteiger partial charge in [0.2, 0.25) is 0 Å². The Hall–Kier alpha value is -1.57. The third kappa shape index (κ3) is 2.46. The lowest BCUT2D eigenvalue weighted by Crippen LogP contribution is -1.93. The zero-order chi connectivity index (χ0) is 10.6. The van der Waals surface area contributed by atoms with Crippen molar-refractivity contribution in [2.45, 2.75) is 0 Å². The second-order valence-electron chi connectivity index (χ2n) is 2.43. The van der Waals surface area contributed by atoms with E-state index in [1.807, 2.05) is 0 Å².